The zero-order chi connectivity index (χ0) is 12.0. The summed E-state index contributed by atoms with van der Waals surface area (Å²) in [5.74, 6) is -0.0380. The summed E-state index contributed by atoms with van der Waals surface area (Å²) < 4.78 is 9.93. The van der Waals surface area contributed by atoms with Gasteiger partial charge in [0.05, 0.1) is 12.2 Å². The third-order valence-electron chi connectivity index (χ3n) is 1.95. The molecule has 0 saturated heterocycles. The molecule has 0 amide bonds. The molecular weight excluding hydrogens is 208 g/mol. The largest absolute Gasteiger partial charge is 0.481 e. The first-order valence-corrected chi connectivity index (χ1v) is 5.01. The van der Waals surface area contributed by atoms with Crippen LogP contribution in [0.1, 0.15) is 22.8 Å². The Balaban J connectivity index is 2.68. The summed E-state index contributed by atoms with van der Waals surface area (Å²) in [6.07, 6.45) is 0.694. The molecule has 0 bridgehead atoms. The van der Waals surface area contributed by atoms with E-state index in [1.54, 1.807) is 25.1 Å². The monoisotopic (exact) mass is 222 g/mol. The Morgan fingerprint density at radius 2 is 2.19 bits per heavy atom. The lowest BCUT2D eigenvalue weighted by atomic mass is 10.1. The molecule has 0 aliphatic heterocycles. The second-order valence-corrected chi connectivity index (χ2v) is 3.25. The number of rotatable bonds is 5. The SMILES string of the molecule is CCOC(=O)COc1cc(C)ccc1C=O. The fourth-order valence-corrected chi connectivity index (χ4v) is 1.20. The van der Waals surface area contributed by atoms with E-state index in [4.69, 9.17) is 9.47 Å². The summed E-state index contributed by atoms with van der Waals surface area (Å²) in [6, 6.07) is 5.17. The van der Waals surface area contributed by atoms with Gasteiger partial charge in [-0.1, -0.05) is 6.07 Å². The molecule has 0 aliphatic rings. The summed E-state index contributed by atoms with van der Waals surface area (Å²) in [4.78, 5) is 21.8. The van der Waals surface area contributed by atoms with Crippen LogP contribution < -0.4 is 4.74 Å². The normalized spacial score (nSPS) is 9.62. The van der Waals surface area contributed by atoms with Crippen LogP contribution in [-0.4, -0.2) is 25.5 Å². The lowest BCUT2D eigenvalue weighted by molar-refractivity contribution is -0.145. The van der Waals surface area contributed by atoms with E-state index in [2.05, 4.69) is 0 Å². The third kappa shape index (κ3) is 3.38. The summed E-state index contributed by atoms with van der Waals surface area (Å²) in [5.41, 5.74) is 1.39. The molecule has 0 atom stereocenters. The molecular formula is C12H14O4. The molecule has 0 unspecified atom stereocenters. The van der Waals surface area contributed by atoms with Crippen LogP contribution in [0.15, 0.2) is 18.2 Å². The van der Waals surface area contributed by atoms with Crippen LogP contribution in [0.25, 0.3) is 0 Å². The zero-order valence-electron chi connectivity index (χ0n) is 9.36. The number of hydrogen-bond donors (Lipinski definition) is 0. The van der Waals surface area contributed by atoms with Crippen molar-refractivity contribution >= 4 is 12.3 Å². The van der Waals surface area contributed by atoms with Crippen LogP contribution in [0.3, 0.4) is 0 Å². The van der Waals surface area contributed by atoms with Gasteiger partial charge in [-0.3, -0.25) is 4.79 Å². The van der Waals surface area contributed by atoms with Crippen LogP contribution in [-0.2, 0) is 9.53 Å². The van der Waals surface area contributed by atoms with Gasteiger partial charge in [0, 0.05) is 0 Å². The predicted octanol–water partition coefficient (Wildman–Crippen LogP) is 1.75. The standard InChI is InChI=1S/C12H14O4/c1-3-15-12(14)8-16-11-6-9(2)4-5-10(11)7-13/h4-7H,3,8H2,1-2H3. The van der Waals surface area contributed by atoms with E-state index < -0.39 is 5.97 Å². The van der Waals surface area contributed by atoms with Crippen molar-refractivity contribution in [2.24, 2.45) is 0 Å². The van der Waals surface area contributed by atoms with Gasteiger partial charge in [-0.25, -0.2) is 4.79 Å². The Kier molecular flexibility index (Phi) is 4.51. The summed E-state index contributed by atoms with van der Waals surface area (Å²) in [6.45, 7) is 3.74. The summed E-state index contributed by atoms with van der Waals surface area (Å²) in [7, 11) is 0. The van der Waals surface area contributed by atoms with E-state index in [1.807, 2.05) is 6.92 Å². The molecule has 1 aromatic rings. The van der Waals surface area contributed by atoms with Crippen molar-refractivity contribution in [3.05, 3.63) is 29.3 Å². The maximum absolute atomic E-state index is 11.1. The Labute approximate surface area is 94.2 Å². The highest BCUT2D eigenvalue weighted by Gasteiger charge is 2.07. The lowest BCUT2D eigenvalue weighted by Gasteiger charge is -2.08. The average molecular weight is 222 g/mol. The lowest BCUT2D eigenvalue weighted by Crippen LogP contribution is -2.15. The molecule has 0 N–H and O–H groups in total. The third-order valence-corrected chi connectivity index (χ3v) is 1.95. The minimum absolute atomic E-state index is 0.182. The predicted molar refractivity (Wildman–Crippen MR) is 58.7 cm³/mol. The van der Waals surface area contributed by atoms with Gasteiger partial charge in [0.25, 0.3) is 0 Å². The number of esters is 1. The van der Waals surface area contributed by atoms with Gasteiger partial charge in [0.2, 0.25) is 0 Å². The number of ether oxygens (including phenoxy) is 2. The van der Waals surface area contributed by atoms with Gasteiger partial charge >= 0.3 is 5.97 Å². The first-order chi connectivity index (χ1) is 7.67. The molecule has 86 valence electrons. The molecule has 0 heterocycles. The Morgan fingerprint density at radius 1 is 1.44 bits per heavy atom. The Morgan fingerprint density at radius 3 is 2.81 bits per heavy atom. The number of hydrogen-bond acceptors (Lipinski definition) is 4. The van der Waals surface area contributed by atoms with Gasteiger partial charge < -0.3 is 9.47 Å². The molecule has 0 radical (unpaired) electrons. The molecule has 1 rings (SSSR count). The number of carbonyl (C=O) groups excluding carboxylic acids is 2. The van der Waals surface area contributed by atoms with E-state index in [0.717, 1.165) is 5.56 Å². The highest BCUT2D eigenvalue weighted by Crippen LogP contribution is 2.18. The quantitative estimate of drug-likeness (QED) is 0.562. The van der Waals surface area contributed by atoms with Crippen LogP contribution in [0, 0.1) is 6.92 Å². The number of aryl methyl sites for hydroxylation is 1. The smallest absolute Gasteiger partial charge is 0.344 e. The molecule has 0 aliphatic carbocycles. The topological polar surface area (TPSA) is 52.6 Å². The second-order valence-electron chi connectivity index (χ2n) is 3.25. The zero-order valence-corrected chi connectivity index (χ0v) is 9.36. The maximum Gasteiger partial charge on any atom is 0.344 e. The van der Waals surface area contributed by atoms with Crippen LogP contribution in [0.4, 0.5) is 0 Å². The van der Waals surface area contributed by atoms with Crippen LogP contribution in [0.5, 0.6) is 5.75 Å². The fraction of sp³-hybridized carbons (Fsp3) is 0.333. The molecule has 1 aromatic carbocycles. The first kappa shape index (κ1) is 12.2. The summed E-state index contributed by atoms with van der Waals surface area (Å²) >= 11 is 0. The van der Waals surface area contributed by atoms with Crippen molar-refractivity contribution in [2.45, 2.75) is 13.8 Å². The van der Waals surface area contributed by atoms with Crippen molar-refractivity contribution in [3.8, 4) is 5.75 Å². The van der Waals surface area contributed by atoms with Crippen molar-refractivity contribution in [1.82, 2.24) is 0 Å². The highest BCUT2D eigenvalue weighted by molar-refractivity contribution is 5.80. The number of carbonyl (C=O) groups is 2. The fourth-order valence-electron chi connectivity index (χ4n) is 1.20. The molecule has 0 aromatic heterocycles. The van der Waals surface area contributed by atoms with Gasteiger partial charge in [0.15, 0.2) is 12.9 Å². The summed E-state index contributed by atoms with van der Waals surface area (Å²) in [5, 5.41) is 0. The van der Waals surface area contributed by atoms with E-state index in [-0.39, 0.29) is 6.61 Å². The molecule has 4 nitrogen and oxygen atoms in total. The minimum atomic E-state index is -0.444. The maximum atomic E-state index is 11.1. The van der Waals surface area contributed by atoms with Crippen molar-refractivity contribution < 1.29 is 19.1 Å². The molecule has 4 heteroatoms. The van der Waals surface area contributed by atoms with Crippen molar-refractivity contribution in [3.63, 3.8) is 0 Å². The first-order valence-electron chi connectivity index (χ1n) is 5.01. The Hall–Kier alpha value is -1.84. The minimum Gasteiger partial charge on any atom is -0.481 e. The number of benzene rings is 1. The van der Waals surface area contributed by atoms with Gasteiger partial charge in [-0.15, -0.1) is 0 Å². The van der Waals surface area contributed by atoms with E-state index >= 15 is 0 Å². The van der Waals surface area contributed by atoms with Gasteiger partial charge in [-0.05, 0) is 31.5 Å². The molecule has 0 spiro atoms. The number of aldehydes is 1. The van der Waals surface area contributed by atoms with Crippen LogP contribution >= 0.6 is 0 Å². The molecule has 16 heavy (non-hydrogen) atoms. The van der Waals surface area contributed by atoms with Crippen molar-refractivity contribution in [2.75, 3.05) is 13.2 Å². The molecule has 0 saturated carbocycles. The molecule has 0 fully saturated rings. The van der Waals surface area contributed by atoms with Gasteiger partial charge in [-0.2, -0.15) is 0 Å². The highest BCUT2D eigenvalue weighted by atomic mass is 16.6. The van der Waals surface area contributed by atoms with E-state index in [1.165, 1.54) is 0 Å². The average Bonchev–Trinajstić information content (AvgIpc) is 2.27. The van der Waals surface area contributed by atoms with Crippen LogP contribution in [0.2, 0.25) is 0 Å². The van der Waals surface area contributed by atoms with Crippen molar-refractivity contribution in [1.29, 1.82) is 0 Å². The Bertz CT molecular complexity index is 385. The van der Waals surface area contributed by atoms with E-state index in [9.17, 15) is 9.59 Å². The second kappa shape index (κ2) is 5.90. The van der Waals surface area contributed by atoms with E-state index in [0.29, 0.717) is 24.2 Å². The van der Waals surface area contributed by atoms with Gasteiger partial charge in [0.1, 0.15) is 5.75 Å².